The summed E-state index contributed by atoms with van der Waals surface area (Å²) in [6, 6.07) is 5.87. The molecule has 6 heteroatoms. The van der Waals surface area contributed by atoms with Gasteiger partial charge >= 0.3 is 11.7 Å². The zero-order chi connectivity index (χ0) is 16.3. The van der Waals surface area contributed by atoms with E-state index in [1.165, 1.54) is 29.2 Å². The first-order valence-corrected chi connectivity index (χ1v) is 6.78. The van der Waals surface area contributed by atoms with Gasteiger partial charge in [0, 0.05) is 30.6 Å². The standard InChI is InChI=1S/C16H17NO5/c1-3-6-17(16(20)21)9-10(2)13-8-15(19)22-14-7-11(18)4-5-12(13)14/h3-5,7-8,10,18H,1,6,9H2,2H3,(H,20,21). The summed E-state index contributed by atoms with van der Waals surface area (Å²) < 4.78 is 5.07. The molecule has 6 nitrogen and oxygen atoms in total. The fourth-order valence-corrected chi connectivity index (χ4v) is 2.40. The van der Waals surface area contributed by atoms with Gasteiger partial charge in [-0.05, 0) is 23.6 Å². The molecular formula is C16H17NO5. The number of rotatable bonds is 5. The van der Waals surface area contributed by atoms with Crippen molar-refractivity contribution in [2.45, 2.75) is 12.8 Å². The van der Waals surface area contributed by atoms with Crippen LogP contribution < -0.4 is 5.63 Å². The quantitative estimate of drug-likeness (QED) is 0.654. The molecule has 1 aromatic carbocycles. The maximum Gasteiger partial charge on any atom is 0.407 e. The van der Waals surface area contributed by atoms with E-state index in [1.54, 1.807) is 6.07 Å². The topological polar surface area (TPSA) is 91.0 Å². The van der Waals surface area contributed by atoms with Crippen LogP contribution in [-0.2, 0) is 0 Å². The zero-order valence-electron chi connectivity index (χ0n) is 12.2. The first-order chi connectivity index (χ1) is 10.4. The van der Waals surface area contributed by atoms with Crippen LogP contribution in [0.2, 0.25) is 0 Å². The number of fused-ring (bicyclic) bond motifs is 1. The van der Waals surface area contributed by atoms with Crippen LogP contribution in [0.3, 0.4) is 0 Å². The smallest absolute Gasteiger partial charge is 0.407 e. The van der Waals surface area contributed by atoms with Gasteiger partial charge in [0.15, 0.2) is 0 Å². The minimum absolute atomic E-state index is 0.000673. The Labute approximate surface area is 126 Å². The molecule has 1 atom stereocenters. The summed E-state index contributed by atoms with van der Waals surface area (Å²) in [4.78, 5) is 24.1. The van der Waals surface area contributed by atoms with E-state index in [0.717, 1.165) is 0 Å². The summed E-state index contributed by atoms with van der Waals surface area (Å²) in [5.74, 6) is -0.216. The Morgan fingerprint density at radius 2 is 2.18 bits per heavy atom. The van der Waals surface area contributed by atoms with E-state index in [0.29, 0.717) is 10.9 Å². The van der Waals surface area contributed by atoms with Gasteiger partial charge in [-0.25, -0.2) is 9.59 Å². The molecule has 1 amide bonds. The number of phenols is 1. The van der Waals surface area contributed by atoms with Crippen molar-refractivity contribution in [2.75, 3.05) is 13.1 Å². The molecule has 2 rings (SSSR count). The second kappa shape index (κ2) is 6.34. The lowest BCUT2D eigenvalue weighted by Crippen LogP contribution is -2.33. The van der Waals surface area contributed by atoms with Crippen molar-refractivity contribution >= 4 is 17.1 Å². The fourth-order valence-electron chi connectivity index (χ4n) is 2.40. The second-order valence-electron chi connectivity index (χ2n) is 5.08. The average molecular weight is 303 g/mol. The van der Waals surface area contributed by atoms with Gasteiger partial charge in [-0.3, -0.25) is 0 Å². The van der Waals surface area contributed by atoms with Crippen LogP contribution in [0.4, 0.5) is 4.79 Å². The summed E-state index contributed by atoms with van der Waals surface area (Å²) in [5.41, 5.74) is 0.423. The molecule has 0 aliphatic heterocycles. The van der Waals surface area contributed by atoms with Crippen LogP contribution in [0, 0.1) is 0 Å². The van der Waals surface area contributed by atoms with Crippen molar-refractivity contribution in [3.63, 3.8) is 0 Å². The zero-order valence-corrected chi connectivity index (χ0v) is 12.2. The van der Waals surface area contributed by atoms with Crippen molar-refractivity contribution in [3.05, 3.63) is 52.9 Å². The minimum atomic E-state index is -1.04. The third kappa shape index (κ3) is 3.28. The molecule has 0 fully saturated rings. The normalized spacial score (nSPS) is 12.0. The molecule has 0 aliphatic rings. The molecule has 1 unspecified atom stereocenters. The molecule has 22 heavy (non-hydrogen) atoms. The first-order valence-electron chi connectivity index (χ1n) is 6.78. The van der Waals surface area contributed by atoms with Crippen molar-refractivity contribution < 1.29 is 19.4 Å². The number of aromatic hydroxyl groups is 1. The number of hydrogen-bond acceptors (Lipinski definition) is 4. The van der Waals surface area contributed by atoms with E-state index in [-0.39, 0.29) is 30.3 Å². The SMILES string of the molecule is C=CCN(CC(C)c1cc(=O)oc2cc(O)ccc12)C(=O)O. The van der Waals surface area contributed by atoms with Gasteiger partial charge in [-0.15, -0.1) is 6.58 Å². The number of carbonyl (C=O) groups is 1. The molecule has 0 aliphatic carbocycles. The van der Waals surface area contributed by atoms with Gasteiger partial charge < -0.3 is 19.5 Å². The maximum absolute atomic E-state index is 11.7. The molecule has 0 radical (unpaired) electrons. The van der Waals surface area contributed by atoms with E-state index < -0.39 is 11.7 Å². The van der Waals surface area contributed by atoms with E-state index in [4.69, 9.17) is 9.52 Å². The number of benzene rings is 1. The van der Waals surface area contributed by atoms with Gasteiger partial charge in [0.25, 0.3) is 0 Å². The summed E-state index contributed by atoms with van der Waals surface area (Å²) in [6.07, 6.45) is 0.466. The number of phenolic OH excluding ortho intramolecular Hbond substituents is 1. The lowest BCUT2D eigenvalue weighted by molar-refractivity contribution is 0.148. The summed E-state index contributed by atoms with van der Waals surface area (Å²) in [6.45, 7) is 5.80. The number of carboxylic acid groups (broad SMARTS) is 1. The third-order valence-electron chi connectivity index (χ3n) is 3.41. The summed E-state index contributed by atoms with van der Waals surface area (Å²) >= 11 is 0. The molecule has 1 aromatic heterocycles. The average Bonchev–Trinajstić information content (AvgIpc) is 2.45. The van der Waals surface area contributed by atoms with E-state index >= 15 is 0 Å². The Morgan fingerprint density at radius 3 is 2.82 bits per heavy atom. The highest BCUT2D eigenvalue weighted by atomic mass is 16.4. The Balaban J connectivity index is 2.42. The summed E-state index contributed by atoms with van der Waals surface area (Å²) in [7, 11) is 0. The maximum atomic E-state index is 11.7. The Morgan fingerprint density at radius 1 is 1.45 bits per heavy atom. The van der Waals surface area contributed by atoms with Crippen LogP contribution in [0.25, 0.3) is 11.0 Å². The largest absolute Gasteiger partial charge is 0.508 e. The molecule has 0 spiro atoms. The highest BCUT2D eigenvalue weighted by molar-refractivity contribution is 5.82. The lowest BCUT2D eigenvalue weighted by atomic mass is 9.97. The fraction of sp³-hybridized carbons (Fsp3) is 0.250. The predicted octanol–water partition coefficient (Wildman–Crippen LogP) is 2.77. The van der Waals surface area contributed by atoms with Crippen LogP contribution in [0.15, 0.2) is 46.1 Å². The molecule has 0 saturated carbocycles. The second-order valence-corrected chi connectivity index (χ2v) is 5.08. The van der Waals surface area contributed by atoms with Crippen LogP contribution in [-0.4, -0.2) is 34.3 Å². The summed E-state index contributed by atoms with van der Waals surface area (Å²) in [5, 5.41) is 19.3. The molecule has 116 valence electrons. The van der Waals surface area contributed by atoms with Crippen LogP contribution >= 0.6 is 0 Å². The van der Waals surface area contributed by atoms with Gasteiger partial charge in [0.1, 0.15) is 11.3 Å². The van der Waals surface area contributed by atoms with Gasteiger partial charge in [-0.1, -0.05) is 13.0 Å². The number of hydrogen-bond donors (Lipinski definition) is 2. The molecular weight excluding hydrogens is 286 g/mol. The highest BCUT2D eigenvalue weighted by Gasteiger charge is 2.18. The molecule has 0 bridgehead atoms. The monoisotopic (exact) mass is 303 g/mol. The minimum Gasteiger partial charge on any atom is -0.508 e. The molecule has 1 heterocycles. The van der Waals surface area contributed by atoms with E-state index in [2.05, 4.69) is 6.58 Å². The molecule has 0 saturated heterocycles. The molecule has 2 aromatic rings. The Kier molecular flexibility index (Phi) is 4.50. The van der Waals surface area contributed by atoms with Gasteiger partial charge in [0.2, 0.25) is 0 Å². The van der Waals surface area contributed by atoms with E-state index in [9.17, 15) is 14.7 Å². The number of amides is 1. The Bertz CT molecular complexity index is 765. The van der Waals surface area contributed by atoms with Crippen molar-refractivity contribution in [1.29, 1.82) is 0 Å². The van der Waals surface area contributed by atoms with Crippen LogP contribution in [0.5, 0.6) is 5.75 Å². The van der Waals surface area contributed by atoms with Crippen LogP contribution in [0.1, 0.15) is 18.4 Å². The van der Waals surface area contributed by atoms with Crippen molar-refractivity contribution in [3.8, 4) is 5.75 Å². The van der Waals surface area contributed by atoms with Gasteiger partial charge in [0.05, 0.1) is 0 Å². The third-order valence-corrected chi connectivity index (χ3v) is 3.41. The van der Waals surface area contributed by atoms with Crippen molar-refractivity contribution in [2.24, 2.45) is 0 Å². The predicted molar refractivity (Wildman–Crippen MR) is 82.4 cm³/mol. The number of nitrogens with zero attached hydrogens (tertiary/aromatic N) is 1. The van der Waals surface area contributed by atoms with E-state index in [1.807, 2.05) is 6.92 Å². The first kappa shape index (κ1) is 15.6. The molecule has 2 N–H and O–H groups in total. The Hall–Kier alpha value is -2.76. The van der Waals surface area contributed by atoms with Gasteiger partial charge in [-0.2, -0.15) is 0 Å². The lowest BCUT2D eigenvalue weighted by Gasteiger charge is -2.22. The highest BCUT2D eigenvalue weighted by Crippen LogP contribution is 2.27. The van der Waals surface area contributed by atoms with Crippen molar-refractivity contribution in [1.82, 2.24) is 4.90 Å².